The lowest BCUT2D eigenvalue weighted by Gasteiger charge is -2.31. The minimum absolute atomic E-state index is 0.200. The number of nitrogens with zero attached hydrogens (tertiary/aromatic N) is 1. The predicted octanol–water partition coefficient (Wildman–Crippen LogP) is 2.70. The van der Waals surface area contributed by atoms with Gasteiger partial charge in [-0.2, -0.15) is 0 Å². The molecule has 21 heavy (non-hydrogen) atoms. The molecule has 114 valence electrons. The molecule has 1 aromatic rings. The van der Waals surface area contributed by atoms with E-state index in [0.717, 1.165) is 32.5 Å². The number of likely N-dealkylation sites (tertiary alicyclic amines) is 1. The summed E-state index contributed by atoms with van der Waals surface area (Å²) in [6, 6.07) is 8.94. The normalized spacial score (nSPS) is 32.6. The van der Waals surface area contributed by atoms with Gasteiger partial charge in [-0.15, -0.1) is 0 Å². The lowest BCUT2D eigenvalue weighted by Crippen LogP contribution is -2.45. The van der Waals surface area contributed by atoms with Crippen LogP contribution in [0.3, 0.4) is 0 Å². The van der Waals surface area contributed by atoms with Crippen LogP contribution in [0, 0.1) is 12.3 Å². The average molecular weight is 286 g/mol. The van der Waals surface area contributed by atoms with Gasteiger partial charge in [0.25, 0.3) is 0 Å². The van der Waals surface area contributed by atoms with Crippen molar-refractivity contribution < 1.29 is 4.79 Å². The molecule has 0 radical (unpaired) electrons. The fourth-order valence-corrected chi connectivity index (χ4v) is 3.93. The highest BCUT2D eigenvalue weighted by Crippen LogP contribution is 2.37. The number of nitrogens with one attached hydrogen (secondary N) is 1. The molecule has 0 aliphatic carbocycles. The van der Waals surface area contributed by atoms with Crippen LogP contribution in [-0.4, -0.2) is 36.5 Å². The quantitative estimate of drug-likeness (QED) is 0.906. The Kier molecular flexibility index (Phi) is 3.78. The summed E-state index contributed by atoms with van der Waals surface area (Å²) in [6.45, 7) is 9.15. The Balaban J connectivity index is 1.77. The van der Waals surface area contributed by atoms with Crippen molar-refractivity contribution in [1.82, 2.24) is 10.2 Å². The van der Waals surface area contributed by atoms with E-state index in [1.165, 1.54) is 11.1 Å². The number of rotatable bonds is 2. The Morgan fingerprint density at radius 1 is 1.38 bits per heavy atom. The van der Waals surface area contributed by atoms with Gasteiger partial charge in [0.15, 0.2) is 0 Å². The fourth-order valence-electron chi connectivity index (χ4n) is 3.93. The molecule has 1 N–H and O–H groups in total. The second-order valence-corrected chi connectivity index (χ2v) is 7.08. The topological polar surface area (TPSA) is 32.3 Å². The van der Waals surface area contributed by atoms with Crippen molar-refractivity contribution in [1.29, 1.82) is 0 Å². The molecule has 2 fully saturated rings. The third-order valence-electron chi connectivity index (χ3n) is 5.35. The zero-order valence-corrected chi connectivity index (χ0v) is 13.4. The molecule has 0 saturated carbocycles. The minimum Gasteiger partial charge on any atom is -0.339 e. The van der Waals surface area contributed by atoms with Gasteiger partial charge in [0.1, 0.15) is 0 Å². The summed E-state index contributed by atoms with van der Waals surface area (Å²) < 4.78 is 0. The Bertz CT molecular complexity index is 534. The summed E-state index contributed by atoms with van der Waals surface area (Å²) >= 11 is 0. The minimum atomic E-state index is -0.200. The summed E-state index contributed by atoms with van der Waals surface area (Å²) in [5.41, 5.74) is 2.56. The second kappa shape index (κ2) is 5.45. The number of carbonyl (C=O) groups excluding carboxylic acids is 1. The van der Waals surface area contributed by atoms with Crippen LogP contribution in [0.4, 0.5) is 0 Å². The van der Waals surface area contributed by atoms with Crippen molar-refractivity contribution in [3.63, 3.8) is 0 Å². The zero-order chi connectivity index (χ0) is 15.0. The maximum Gasteiger partial charge on any atom is 0.230 e. The van der Waals surface area contributed by atoms with Crippen molar-refractivity contribution in [2.45, 2.75) is 45.6 Å². The largest absolute Gasteiger partial charge is 0.339 e. The smallest absolute Gasteiger partial charge is 0.230 e. The number of hydrogen-bond donors (Lipinski definition) is 1. The van der Waals surface area contributed by atoms with Gasteiger partial charge in [-0.05, 0) is 51.3 Å². The van der Waals surface area contributed by atoms with Crippen LogP contribution in [0.1, 0.15) is 43.7 Å². The molecule has 0 spiro atoms. The average Bonchev–Trinajstić information content (AvgIpc) is 3.06. The molecular formula is C18H26N2O. The molecule has 0 bridgehead atoms. The number of carbonyl (C=O) groups is 1. The molecule has 3 heteroatoms. The van der Waals surface area contributed by atoms with Gasteiger partial charge in [0.05, 0.1) is 5.41 Å². The molecule has 3 atom stereocenters. The van der Waals surface area contributed by atoms with E-state index in [0.29, 0.717) is 17.9 Å². The third-order valence-corrected chi connectivity index (χ3v) is 5.35. The van der Waals surface area contributed by atoms with Gasteiger partial charge in [-0.25, -0.2) is 0 Å². The summed E-state index contributed by atoms with van der Waals surface area (Å²) in [5.74, 6) is 0.833. The SMILES string of the molecule is Cc1ccccc1[C@@H]1C[C@H](C)N(C(=O)[C@@]2(C)CCNC2)C1. The van der Waals surface area contributed by atoms with Gasteiger partial charge in [-0.1, -0.05) is 24.3 Å². The Hall–Kier alpha value is -1.35. The lowest BCUT2D eigenvalue weighted by atomic mass is 9.88. The first-order chi connectivity index (χ1) is 10.0. The standard InChI is InChI=1S/C18H26N2O/c1-13-6-4-5-7-16(13)15-10-14(2)20(11-15)17(21)18(3)8-9-19-12-18/h4-7,14-15,19H,8-12H2,1-3H3/t14-,15+,18-/m0/s1. The van der Waals surface area contributed by atoms with Crippen molar-refractivity contribution in [3.05, 3.63) is 35.4 Å². The molecule has 3 rings (SSSR count). The highest BCUT2D eigenvalue weighted by Gasteiger charge is 2.43. The first-order valence-corrected chi connectivity index (χ1v) is 8.08. The lowest BCUT2D eigenvalue weighted by molar-refractivity contribution is -0.140. The van der Waals surface area contributed by atoms with E-state index in [1.807, 2.05) is 0 Å². The monoisotopic (exact) mass is 286 g/mol. The van der Waals surface area contributed by atoms with E-state index in [9.17, 15) is 4.79 Å². The number of aryl methyl sites for hydroxylation is 1. The molecule has 3 nitrogen and oxygen atoms in total. The van der Waals surface area contributed by atoms with Crippen molar-refractivity contribution >= 4 is 5.91 Å². The molecular weight excluding hydrogens is 260 g/mol. The van der Waals surface area contributed by atoms with E-state index in [4.69, 9.17) is 0 Å². The molecule has 0 aromatic heterocycles. The number of benzene rings is 1. The van der Waals surface area contributed by atoms with E-state index >= 15 is 0 Å². The van der Waals surface area contributed by atoms with Gasteiger partial charge in [0.2, 0.25) is 5.91 Å². The summed E-state index contributed by atoms with van der Waals surface area (Å²) in [5, 5.41) is 3.34. The van der Waals surface area contributed by atoms with Crippen LogP contribution < -0.4 is 5.32 Å². The van der Waals surface area contributed by atoms with Crippen molar-refractivity contribution in [2.24, 2.45) is 5.41 Å². The van der Waals surface area contributed by atoms with Crippen LogP contribution in [0.2, 0.25) is 0 Å². The molecule has 2 aliphatic heterocycles. The van der Waals surface area contributed by atoms with Gasteiger partial charge in [-0.3, -0.25) is 4.79 Å². The second-order valence-electron chi connectivity index (χ2n) is 7.08. The molecule has 2 heterocycles. The first kappa shape index (κ1) is 14.6. The van der Waals surface area contributed by atoms with E-state index in [2.05, 4.69) is 55.3 Å². The highest BCUT2D eigenvalue weighted by molar-refractivity contribution is 5.83. The zero-order valence-electron chi connectivity index (χ0n) is 13.4. The maximum atomic E-state index is 12.9. The molecule has 2 aliphatic rings. The van der Waals surface area contributed by atoms with Crippen molar-refractivity contribution in [2.75, 3.05) is 19.6 Å². The van der Waals surface area contributed by atoms with Gasteiger partial charge >= 0.3 is 0 Å². The van der Waals surface area contributed by atoms with E-state index in [1.54, 1.807) is 0 Å². The van der Waals surface area contributed by atoms with Gasteiger partial charge < -0.3 is 10.2 Å². The maximum absolute atomic E-state index is 12.9. The summed E-state index contributed by atoms with van der Waals surface area (Å²) in [6.07, 6.45) is 2.05. The molecule has 1 aromatic carbocycles. The van der Waals surface area contributed by atoms with E-state index < -0.39 is 0 Å². The predicted molar refractivity (Wildman–Crippen MR) is 85.3 cm³/mol. The Labute approximate surface area is 127 Å². The van der Waals surface area contributed by atoms with Gasteiger partial charge in [0, 0.05) is 25.0 Å². The molecule has 2 saturated heterocycles. The van der Waals surface area contributed by atoms with Crippen molar-refractivity contribution in [3.8, 4) is 0 Å². The molecule has 1 amide bonds. The number of amides is 1. The number of hydrogen-bond acceptors (Lipinski definition) is 2. The highest BCUT2D eigenvalue weighted by atomic mass is 16.2. The Morgan fingerprint density at radius 3 is 2.81 bits per heavy atom. The summed E-state index contributed by atoms with van der Waals surface area (Å²) in [4.78, 5) is 15.1. The summed E-state index contributed by atoms with van der Waals surface area (Å²) in [7, 11) is 0. The Morgan fingerprint density at radius 2 is 2.14 bits per heavy atom. The van der Waals surface area contributed by atoms with Crippen LogP contribution >= 0.6 is 0 Å². The fraction of sp³-hybridized carbons (Fsp3) is 0.611. The first-order valence-electron chi connectivity index (χ1n) is 8.08. The van der Waals surface area contributed by atoms with Crippen LogP contribution in [0.15, 0.2) is 24.3 Å². The van der Waals surface area contributed by atoms with Crippen LogP contribution in [0.5, 0.6) is 0 Å². The third kappa shape index (κ3) is 2.59. The van der Waals surface area contributed by atoms with E-state index in [-0.39, 0.29) is 5.41 Å². The van der Waals surface area contributed by atoms with Crippen LogP contribution in [-0.2, 0) is 4.79 Å². The van der Waals surface area contributed by atoms with Crippen LogP contribution in [0.25, 0.3) is 0 Å². The molecule has 0 unspecified atom stereocenters.